The molecule has 0 spiro atoms. The number of rotatable bonds is 8. The summed E-state index contributed by atoms with van der Waals surface area (Å²) in [5.41, 5.74) is -14.3. The summed E-state index contributed by atoms with van der Waals surface area (Å²) in [6.45, 7) is 0. The average Bonchev–Trinajstić information content (AvgIpc) is 3.90. The number of benzene rings is 4. The summed E-state index contributed by atoms with van der Waals surface area (Å²) in [7, 11) is 0. The van der Waals surface area contributed by atoms with Crippen molar-refractivity contribution in [1.29, 1.82) is 0 Å². The molecule has 0 atom stereocenters. The molecule has 0 radical (unpaired) electrons. The molecule has 0 aliphatic rings. The van der Waals surface area contributed by atoms with Crippen LogP contribution in [-0.4, -0.2) is 18.7 Å². The number of carbonyl (C=O) groups is 2. The van der Waals surface area contributed by atoms with Gasteiger partial charge in [-0.3, -0.25) is 9.59 Å². The van der Waals surface area contributed by atoms with Crippen molar-refractivity contribution in [3.63, 3.8) is 0 Å². The lowest BCUT2D eigenvalue weighted by Crippen LogP contribution is -3.61. The first kappa shape index (κ1) is 46.1. The van der Waals surface area contributed by atoms with Crippen molar-refractivity contribution in [2.24, 2.45) is 0 Å². The third-order valence-corrected chi connectivity index (χ3v) is 14.1. The predicted molar refractivity (Wildman–Crippen MR) is 166 cm³/mol. The van der Waals surface area contributed by atoms with Crippen molar-refractivity contribution in [3.05, 3.63) is 156 Å². The Labute approximate surface area is 336 Å². The summed E-state index contributed by atoms with van der Waals surface area (Å²) in [6, 6.07) is 7.70. The van der Waals surface area contributed by atoms with Gasteiger partial charge in [0.2, 0.25) is 5.77 Å². The molecule has 0 bridgehead atoms. The van der Waals surface area contributed by atoms with Gasteiger partial charge in [-0.25, -0.2) is 87.8 Å². The van der Waals surface area contributed by atoms with Crippen LogP contribution in [-0.2, 0) is 0 Å². The maximum Gasteiger partial charge on any atom is 0.381 e. The quantitative estimate of drug-likeness (QED) is 0.0512. The zero-order valence-corrected chi connectivity index (χ0v) is 31.4. The molecule has 2 heterocycles. The number of thiophene rings is 2. The molecule has 2 aromatic heterocycles. The first-order valence-corrected chi connectivity index (χ1v) is 18.8. The molecule has 0 N–H and O–H groups in total. The van der Waals surface area contributed by atoms with Crippen LogP contribution in [0.1, 0.15) is 19.3 Å². The van der Waals surface area contributed by atoms with E-state index in [0.717, 1.165) is 22.3 Å². The van der Waals surface area contributed by atoms with Gasteiger partial charge in [0, 0.05) is 12.1 Å². The standard InChI is InChI=1S/C24BF20.C10H6IO2S2/c26-5-1(6(27)14(35)21(42)13(5)34)25(2-7(28)15(36)22(43)16(37)8(2)29,3-9(30)17(38)23(44)18(39)10(3)31)4-11(32)19(40)24(45)20(41)12(4)33;12-5-7-1-3-9(14-7)11-10-4-2-8(6-13)15-10/h;1-6H/q-1;+1. The van der Waals surface area contributed by atoms with Gasteiger partial charge < -0.3 is 0 Å². The molecular weight excluding hydrogens is 1020 g/mol. The number of halogens is 21. The van der Waals surface area contributed by atoms with Gasteiger partial charge in [-0.05, 0) is 12.1 Å². The smallest absolute Gasteiger partial charge is 0.297 e. The summed E-state index contributed by atoms with van der Waals surface area (Å²) in [5.74, 6) is -71.4. The van der Waals surface area contributed by atoms with Crippen molar-refractivity contribution in [1.82, 2.24) is 0 Å². The minimum absolute atomic E-state index is 0.223. The van der Waals surface area contributed by atoms with Crippen LogP contribution in [0, 0.1) is 122 Å². The zero-order chi connectivity index (χ0) is 45.0. The monoisotopic (exact) mass is 1030 g/mol. The van der Waals surface area contributed by atoms with Gasteiger partial charge >= 0.3 is 21.2 Å². The van der Waals surface area contributed by atoms with Gasteiger partial charge in [0.25, 0.3) is 0 Å². The van der Waals surface area contributed by atoms with E-state index in [-0.39, 0.29) is 21.2 Å². The van der Waals surface area contributed by atoms with Crippen LogP contribution in [0.2, 0.25) is 0 Å². The maximum absolute atomic E-state index is 15.4. The first-order valence-electron chi connectivity index (χ1n) is 15.0. The minimum atomic E-state index is -7.22. The normalized spacial score (nSPS) is 11.5. The van der Waals surface area contributed by atoms with E-state index in [0.29, 0.717) is 0 Å². The molecule has 6 rings (SSSR count). The fourth-order valence-electron chi connectivity index (χ4n) is 5.85. The van der Waals surface area contributed by atoms with Crippen LogP contribution < -0.4 is 43.1 Å². The summed E-state index contributed by atoms with van der Waals surface area (Å²) < 4.78 is 296. The lowest BCUT2D eigenvalue weighted by atomic mass is 9.12. The van der Waals surface area contributed by atoms with Gasteiger partial charge in [-0.15, -0.1) is 21.9 Å². The summed E-state index contributed by atoms with van der Waals surface area (Å²) in [4.78, 5) is 22.6. The van der Waals surface area contributed by atoms with E-state index in [4.69, 9.17) is 0 Å². The van der Waals surface area contributed by atoms with Crippen molar-refractivity contribution in [2.75, 3.05) is 0 Å². The molecule has 4 aromatic carbocycles. The van der Waals surface area contributed by atoms with E-state index < -0.39 is 144 Å². The van der Waals surface area contributed by atoms with Crippen LogP contribution in [0.5, 0.6) is 0 Å². The second-order valence-electron chi connectivity index (χ2n) is 11.4. The van der Waals surface area contributed by atoms with E-state index >= 15 is 35.1 Å². The van der Waals surface area contributed by atoms with Gasteiger partial charge in [-0.1, -0.05) is 22.7 Å². The molecule has 60 heavy (non-hydrogen) atoms. The lowest BCUT2D eigenvalue weighted by Gasteiger charge is -2.44. The first-order chi connectivity index (χ1) is 28.0. The molecule has 316 valence electrons. The maximum atomic E-state index is 15.4. The number of hydrogen-bond donors (Lipinski definition) is 0. The van der Waals surface area contributed by atoms with Crippen LogP contribution in [0.4, 0.5) is 87.8 Å². The molecule has 0 amide bonds. The zero-order valence-electron chi connectivity index (χ0n) is 27.6. The van der Waals surface area contributed by atoms with Crippen LogP contribution in [0.3, 0.4) is 0 Å². The number of carbonyl (C=O) groups excluding carboxylic acids is 2. The highest BCUT2D eigenvalue weighted by Crippen LogP contribution is 2.30. The third kappa shape index (κ3) is 7.21. The average molecular weight is 1030 g/mol. The molecule has 0 saturated heterocycles. The Bertz CT molecular complexity index is 2330. The Morgan fingerprint density at radius 2 is 0.500 bits per heavy atom. The largest absolute Gasteiger partial charge is 0.381 e. The molecule has 2 nitrogen and oxygen atoms in total. The van der Waals surface area contributed by atoms with Gasteiger partial charge in [0.05, 0.1) is 9.75 Å². The Morgan fingerprint density at radius 1 is 0.317 bits per heavy atom. The van der Waals surface area contributed by atoms with Crippen LogP contribution in [0.25, 0.3) is 0 Å². The predicted octanol–water partition coefficient (Wildman–Crippen LogP) is 5.41. The van der Waals surface area contributed by atoms with Crippen molar-refractivity contribution in [2.45, 2.75) is 0 Å². The van der Waals surface area contributed by atoms with Crippen molar-refractivity contribution >= 4 is 63.2 Å². The van der Waals surface area contributed by atoms with Gasteiger partial charge in [-0.2, -0.15) is 0 Å². The van der Waals surface area contributed by atoms with E-state index in [1.54, 1.807) is 22.7 Å². The summed E-state index contributed by atoms with van der Waals surface area (Å²) in [5, 5.41) is 0. The van der Waals surface area contributed by atoms with E-state index in [9.17, 15) is 62.3 Å². The van der Waals surface area contributed by atoms with Crippen molar-refractivity contribution < 1.29 is 119 Å². The number of aldehydes is 2. The number of hydrogen-bond acceptors (Lipinski definition) is 4. The molecule has 0 aliphatic heterocycles. The topological polar surface area (TPSA) is 34.1 Å². The van der Waals surface area contributed by atoms with E-state index in [1.165, 1.54) is 5.77 Å². The molecule has 26 heteroatoms. The van der Waals surface area contributed by atoms with Crippen LogP contribution in [0.15, 0.2) is 24.3 Å². The lowest BCUT2D eigenvalue weighted by molar-refractivity contribution is -0.585. The Balaban J connectivity index is 0.000000379. The molecule has 0 fully saturated rings. The molecular formula is C34H6BF20IO2S2. The second kappa shape index (κ2) is 17.2. The minimum Gasteiger partial charge on any atom is -0.297 e. The Morgan fingerprint density at radius 3 is 0.667 bits per heavy atom. The molecule has 0 aliphatic carbocycles. The molecule has 0 saturated carbocycles. The fraction of sp³-hybridized carbons (Fsp3) is 0. The third-order valence-electron chi connectivity index (χ3n) is 8.31. The van der Waals surface area contributed by atoms with E-state index in [1.807, 2.05) is 24.3 Å². The Hall–Kier alpha value is -4.99. The van der Waals surface area contributed by atoms with Crippen LogP contribution >= 0.6 is 22.7 Å². The highest BCUT2D eigenvalue weighted by molar-refractivity contribution is 7.20. The molecule has 6 aromatic rings. The Kier molecular flexibility index (Phi) is 13.2. The SMILES string of the molecule is Fc1c(F)c(F)c([B-](c2c(F)c(F)c(F)c(F)c2F)(c2c(F)c(F)c(F)c(F)c2F)c2c(F)c(F)c(F)c(F)c2F)c(F)c1F.O=Cc1ccc([I+]c2ccc(C=O)s2)s1. The summed E-state index contributed by atoms with van der Waals surface area (Å²) in [6.07, 6.45) is -5.46. The highest BCUT2D eigenvalue weighted by atomic mass is 127. The van der Waals surface area contributed by atoms with Gasteiger partial charge in [0.15, 0.2) is 82.4 Å². The fourth-order valence-corrected chi connectivity index (χ4v) is 11.9. The second-order valence-corrected chi connectivity index (χ2v) is 18.0. The highest BCUT2D eigenvalue weighted by Gasteiger charge is 2.52. The van der Waals surface area contributed by atoms with Gasteiger partial charge in [0.1, 0.15) is 52.7 Å². The molecule has 0 unspecified atom stereocenters. The van der Waals surface area contributed by atoms with Crippen molar-refractivity contribution in [3.8, 4) is 0 Å². The summed E-state index contributed by atoms with van der Waals surface area (Å²) >= 11 is 2.86. The van der Waals surface area contributed by atoms with E-state index in [2.05, 4.69) is 0 Å².